The Bertz CT molecular complexity index is 1140. The topological polar surface area (TPSA) is 66.9 Å². The fraction of sp³-hybridized carbons (Fsp3) is 0.360. The molecular weight excluding hydrogens is 475 g/mol. The first-order chi connectivity index (χ1) is 16.5. The minimum Gasteiger partial charge on any atom is -0.494 e. The average Bonchev–Trinajstić information content (AvgIpc) is 2.85. The number of piperazine rings is 1. The van der Waals surface area contributed by atoms with Crippen LogP contribution < -0.4 is 19.7 Å². The van der Waals surface area contributed by atoms with E-state index in [2.05, 4.69) is 20.1 Å². The van der Waals surface area contributed by atoms with Crippen LogP contribution in [0.5, 0.6) is 11.6 Å². The lowest BCUT2D eigenvalue weighted by molar-refractivity contribution is 0.201. The van der Waals surface area contributed by atoms with Gasteiger partial charge in [0.25, 0.3) is 0 Å². The first kappa shape index (κ1) is 24.4. The van der Waals surface area contributed by atoms with Gasteiger partial charge in [0.05, 0.1) is 27.9 Å². The number of rotatable bonds is 8. The number of nitrogens with zero attached hydrogens (tertiary/aromatic N) is 3. The van der Waals surface area contributed by atoms with E-state index in [9.17, 15) is 4.79 Å². The number of benzene rings is 2. The molecule has 180 valence electrons. The van der Waals surface area contributed by atoms with Gasteiger partial charge in [-0.2, -0.15) is 0 Å². The third-order valence-corrected chi connectivity index (χ3v) is 6.63. The van der Waals surface area contributed by atoms with Crippen molar-refractivity contribution in [3.05, 3.63) is 58.6 Å². The number of fused-ring (bicyclic) bond motifs is 1. The van der Waals surface area contributed by atoms with Gasteiger partial charge in [-0.1, -0.05) is 29.3 Å². The summed E-state index contributed by atoms with van der Waals surface area (Å²) in [6.45, 7) is 5.55. The Morgan fingerprint density at radius 2 is 1.85 bits per heavy atom. The predicted molar refractivity (Wildman–Crippen MR) is 137 cm³/mol. The van der Waals surface area contributed by atoms with Gasteiger partial charge >= 0.3 is 6.09 Å². The molecule has 1 fully saturated rings. The van der Waals surface area contributed by atoms with E-state index in [0.717, 1.165) is 67.9 Å². The second-order valence-electron chi connectivity index (χ2n) is 8.10. The molecule has 1 aliphatic rings. The highest BCUT2D eigenvalue weighted by Crippen LogP contribution is 2.32. The van der Waals surface area contributed by atoms with Gasteiger partial charge in [0, 0.05) is 50.7 Å². The molecule has 1 aliphatic heterocycles. The second-order valence-corrected chi connectivity index (χ2v) is 8.89. The largest absolute Gasteiger partial charge is 0.494 e. The van der Waals surface area contributed by atoms with Crippen molar-refractivity contribution in [2.24, 2.45) is 0 Å². The molecule has 4 rings (SSSR count). The summed E-state index contributed by atoms with van der Waals surface area (Å²) in [5.74, 6) is 1.01. The smallest absolute Gasteiger partial charge is 0.413 e. The number of amides is 1. The summed E-state index contributed by atoms with van der Waals surface area (Å²) in [5, 5.41) is 4.59. The number of ether oxygens (including phenoxy) is 2. The fourth-order valence-corrected chi connectivity index (χ4v) is 4.36. The summed E-state index contributed by atoms with van der Waals surface area (Å²) in [5.41, 5.74) is 1.73. The zero-order chi connectivity index (χ0) is 23.9. The Labute approximate surface area is 209 Å². The maximum Gasteiger partial charge on any atom is 0.413 e. The van der Waals surface area contributed by atoms with E-state index in [4.69, 9.17) is 32.7 Å². The number of hydrogen-bond acceptors (Lipinski definition) is 6. The fourth-order valence-electron chi connectivity index (χ4n) is 3.95. The third kappa shape index (κ3) is 6.23. The molecule has 0 bridgehead atoms. The van der Waals surface area contributed by atoms with Crippen LogP contribution in [0.15, 0.2) is 48.5 Å². The van der Waals surface area contributed by atoms with E-state index in [1.54, 1.807) is 6.07 Å². The van der Waals surface area contributed by atoms with Gasteiger partial charge in [0.1, 0.15) is 5.75 Å². The quantitative estimate of drug-likeness (QED) is 0.424. The molecular formula is C25H28Cl2N4O3. The Morgan fingerprint density at radius 1 is 1.06 bits per heavy atom. The number of carbonyl (C=O) groups is 1. The number of hydrogen-bond donors (Lipinski definition) is 1. The Hall–Kier alpha value is -2.74. The first-order valence-corrected chi connectivity index (χ1v) is 12.1. The van der Waals surface area contributed by atoms with Crippen molar-refractivity contribution in [1.82, 2.24) is 15.2 Å². The highest BCUT2D eigenvalue weighted by atomic mass is 35.5. The molecule has 1 saturated heterocycles. The van der Waals surface area contributed by atoms with Gasteiger partial charge in [-0.15, -0.1) is 0 Å². The number of pyridine rings is 1. The summed E-state index contributed by atoms with van der Waals surface area (Å²) in [6, 6.07) is 15.1. The monoisotopic (exact) mass is 502 g/mol. The number of carbonyl (C=O) groups excluding carboxylic acids is 1. The van der Waals surface area contributed by atoms with Crippen molar-refractivity contribution in [3.63, 3.8) is 0 Å². The zero-order valence-corrected chi connectivity index (χ0v) is 20.6. The van der Waals surface area contributed by atoms with Gasteiger partial charge in [-0.05, 0) is 49.7 Å². The van der Waals surface area contributed by atoms with Crippen LogP contribution in [0.3, 0.4) is 0 Å². The van der Waals surface area contributed by atoms with E-state index in [1.165, 1.54) is 7.05 Å². The van der Waals surface area contributed by atoms with Gasteiger partial charge in [-0.25, -0.2) is 9.78 Å². The molecule has 2 aromatic carbocycles. The second kappa shape index (κ2) is 11.6. The molecule has 1 aromatic heterocycles. The molecule has 0 aliphatic carbocycles. The molecule has 9 heteroatoms. The Balaban J connectivity index is 1.19. The van der Waals surface area contributed by atoms with Crippen molar-refractivity contribution >= 4 is 45.9 Å². The first-order valence-electron chi connectivity index (χ1n) is 11.4. The Kier molecular flexibility index (Phi) is 8.32. The van der Waals surface area contributed by atoms with Crippen molar-refractivity contribution < 1.29 is 14.3 Å². The molecule has 0 atom stereocenters. The van der Waals surface area contributed by atoms with Crippen LogP contribution in [0.1, 0.15) is 12.8 Å². The van der Waals surface area contributed by atoms with Crippen LogP contribution in [-0.2, 0) is 0 Å². The summed E-state index contributed by atoms with van der Waals surface area (Å²) < 4.78 is 11.0. The van der Waals surface area contributed by atoms with Crippen molar-refractivity contribution in [1.29, 1.82) is 0 Å². The van der Waals surface area contributed by atoms with E-state index in [-0.39, 0.29) is 5.88 Å². The standard InChI is InChI=1S/C25H28Cl2N4O3/c1-28-25(32)34-23-10-8-18-7-9-19(17-21(18)29-23)33-16-3-2-11-30-12-14-31(15-13-30)22-6-4-5-20(26)24(22)27/h4-10,17H,2-3,11-16H2,1H3,(H,28,32). The van der Waals surface area contributed by atoms with Crippen molar-refractivity contribution in [2.45, 2.75) is 12.8 Å². The summed E-state index contributed by atoms with van der Waals surface area (Å²) in [6.07, 6.45) is 1.48. The van der Waals surface area contributed by atoms with E-state index < -0.39 is 6.09 Å². The molecule has 34 heavy (non-hydrogen) atoms. The molecule has 2 heterocycles. The predicted octanol–water partition coefficient (Wildman–Crippen LogP) is 5.24. The van der Waals surface area contributed by atoms with Crippen LogP contribution >= 0.6 is 23.2 Å². The van der Waals surface area contributed by atoms with E-state index in [1.807, 2.05) is 42.5 Å². The third-order valence-electron chi connectivity index (χ3n) is 5.82. The summed E-state index contributed by atoms with van der Waals surface area (Å²) in [7, 11) is 1.51. The van der Waals surface area contributed by atoms with Crippen molar-refractivity contribution in [2.75, 3.05) is 51.3 Å². The highest BCUT2D eigenvalue weighted by molar-refractivity contribution is 6.43. The molecule has 0 saturated carbocycles. The van der Waals surface area contributed by atoms with Gasteiger partial charge in [-0.3, -0.25) is 4.90 Å². The number of nitrogens with one attached hydrogen (secondary N) is 1. The number of halogens is 2. The number of anilines is 1. The summed E-state index contributed by atoms with van der Waals surface area (Å²) >= 11 is 12.5. The normalized spacial score (nSPS) is 14.3. The average molecular weight is 503 g/mol. The molecule has 0 unspecified atom stereocenters. The van der Waals surface area contributed by atoms with Crippen LogP contribution in [0.25, 0.3) is 10.9 Å². The highest BCUT2D eigenvalue weighted by Gasteiger charge is 2.19. The maximum absolute atomic E-state index is 11.4. The maximum atomic E-state index is 11.4. The summed E-state index contributed by atoms with van der Waals surface area (Å²) in [4.78, 5) is 20.5. The minimum absolute atomic E-state index is 0.252. The minimum atomic E-state index is -0.547. The molecule has 0 radical (unpaired) electrons. The van der Waals surface area contributed by atoms with Crippen molar-refractivity contribution in [3.8, 4) is 11.6 Å². The lowest BCUT2D eigenvalue weighted by Gasteiger charge is -2.36. The lowest BCUT2D eigenvalue weighted by atomic mass is 10.2. The van der Waals surface area contributed by atoms with Crippen LogP contribution in [0, 0.1) is 0 Å². The molecule has 1 amide bonds. The molecule has 1 N–H and O–H groups in total. The molecule has 3 aromatic rings. The van der Waals surface area contributed by atoms with Gasteiger partial charge in [0.2, 0.25) is 5.88 Å². The van der Waals surface area contributed by atoms with E-state index >= 15 is 0 Å². The lowest BCUT2D eigenvalue weighted by Crippen LogP contribution is -2.46. The van der Waals surface area contributed by atoms with Gasteiger partial charge < -0.3 is 19.7 Å². The SMILES string of the molecule is CNC(=O)Oc1ccc2ccc(OCCCCN3CCN(c4cccc(Cl)c4Cl)CC3)cc2n1. The van der Waals surface area contributed by atoms with Gasteiger partial charge in [0.15, 0.2) is 0 Å². The molecule has 0 spiro atoms. The van der Waals surface area contributed by atoms with Crippen LogP contribution in [0.2, 0.25) is 10.0 Å². The van der Waals surface area contributed by atoms with E-state index in [0.29, 0.717) is 16.7 Å². The molecule has 7 nitrogen and oxygen atoms in total. The number of aromatic nitrogens is 1. The Morgan fingerprint density at radius 3 is 2.65 bits per heavy atom. The van der Waals surface area contributed by atoms with Crippen LogP contribution in [-0.4, -0.2) is 62.4 Å². The zero-order valence-electron chi connectivity index (χ0n) is 19.1. The van der Waals surface area contributed by atoms with Crippen LogP contribution in [0.4, 0.5) is 10.5 Å². The number of unbranched alkanes of at least 4 members (excludes halogenated alkanes) is 1.